The number of likely N-dealkylation sites (tertiary alicyclic amines) is 1. The maximum atomic E-state index is 15.9. The van der Waals surface area contributed by atoms with E-state index in [1.807, 2.05) is 23.1 Å². The molecule has 2 atom stereocenters. The van der Waals surface area contributed by atoms with Gasteiger partial charge in [0.2, 0.25) is 0 Å². The number of halogens is 1. The molecule has 216 valence electrons. The number of ether oxygens (including phenoxy) is 1. The molecule has 8 nitrogen and oxygen atoms in total. The molecule has 0 spiro atoms. The number of nitrogens with zero attached hydrogens (tertiary/aromatic N) is 3. The second-order valence-electron chi connectivity index (χ2n) is 11.4. The number of fused-ring (bicyclic) bond motifs is 1. The molecule has 0 saturated carbocycles. The maximum Gasteiger partial charge on any atom is 0.326 e. The Hall–Kier alpha value is -3.04. The third kappa shape index (κ3) is 7.37. The van der Waals surface area contributed by atoms with Crippen LogP contribution in [0.2, 0.25) is 0 Å². The zero-order valence-electron chi connectivity index (χ0n) is 23.2. The molecule has 2 saturated heterocycles. The van der Waals surface area contributed by atoms with Gasteiger partial charge in [0.1, 0.15) is 11.7 Å². The molecule has 2 aromatic rings. The Morgan fingerprint density at radius 1 is 1.10 bits per heavy atom. The van der Waals surface area contributed by atoms with Gasteiger partial charge < -0.3 is 25.0 Å². The lowest BCUT2D eigenvalue weighted by Gasteiger charge is -2.38. The van der Waals surface area contributed by atoms with E-state index in [-0.39, 0.29) is 13.0 Å². The van der Waals surface area contributed by atoms with Gasteiger partial charge >= 0.3 is 5.97 Å². The molecule has 5 rings (SSSR count). The molecule has 2 fully saturated rings. The van der Waals surface area contributed by atoms with Crippen LogP contribution in [0.15, 0.2) is 36.4 Å². The number of aromatic nitrogens is 1. The number of aliphatic carboxylic acids is 1. The SMILES string of the molecule is O=C(N[C@@H](CCN1CCC[C@@](F)(CCc2ccc3c(n2)CCCC3)C1)C(=O)O)c1cccc(N2CCOCC2)c1. The second-order valence-corrected chi connectivity index (χ2v) is 11.4. The zero-order chi connectivity index (χ0) is 28.0. The van der Waals surface area contributed by atoms with Gasteiger partial charge in [-0.3, -0.25) is 9.78 Å². The highest BCUT2D eigenvalue weighted by atomic mass is 19.1. The van der Waals surface area contributed by atoms with Crippen molar-refractivity contribution < 1.29 is 23.8 Å². The standard InChI is InChI=1S/C31H41FN4O4/c32-31(14-11-25-10-9-23-5-1-2-8-27(23)33-25)13-4-15-35(22-31)16-12-28(30(38)39)34-29(37)24-6-3-7-26(21-24)36-17-19-40-20-18-36/h3,6-7,9-10,21,28H,1-2,4-5,8,11-20,22H2,(H,34,37)(H,38,39)/t28-,31+/m0/s1. The molecule has 3 heterocycles. The van der Waals surface area contributed by atoms with E-state index < -0.39 is 23.6 Å². The van der Waals surface area contributed by atoms with E-state index >= 15 is 4.39 Å². The number of benzene rings is 1. The van der Waals surface area contributed by atoms with Gasteiger partial charge in [-0.1, -0.05) is 12.1 Å². The van der Waals surface area contributed by atoms with Crippen LogP contribution in [0.4, 0.5) is 10.1 Å². The highest BCUT2D eigenvalue weighted by molar-refractivity contribution is 5.97. The van der Waals surface area contributed by atoms with Crippen LogP contribution in [0.5, 0.6) is 0 Å². The van der Waals surface area contributed by atoms with Gasteiger partial charge in [0.05, 0.1) is 13.2 Å². The fraction of sp³-hybridized carbons (Fsp3) is 0.581. The summed E-state index contributed by atoms with van der Waals surface area (Å²) in [5.74, 6) is -1.50. The van der Waals surface area contributed by atoms with Crippen LogP contribution in [0.3, 0.4) is 0 Å². The highest BCUT2D eigenvalue weighted by Crippen LogP contribution is 2.31. The summed E-state index contributed by atoms with van der Waals surface area (Å²) in [6.07, 6.45) is 6.95. The Labute approximate surface area is 235 Å². The monoisotopic (exact) mass is 552 g/mol. The van der Waals surface area contributed by atoms with Crippen LogP contribution in [-0.4, -0.2) is 84.5 Å². The van der Waals surface area contributed by atoms with Gasteiger partial charge in [-0.25, -0.2) is 9.18 Å². The number of carbonyl (C=O) groups excluding carboxylic acids is 1. The molecule has 0 bridgehead atoms. The minimum absolute atomic E-state index is 0.215. The van der Waals surface area contributed by atoms with Gasteiger partial charge in [-0.15, -0.1) is 0 Å². The molecule has 2 N–H and O–H groups in total. The van der Waals surface area contributed by atoms with E-state index in [9.17, 15) is 14.7 Å². The Morgan fingerprint density at radius 3 is 2.75 bits per heavy atom. The van der Waals surface area contributed by atoms with E-state index in [2.05, 4.69) is 16.3 Å². The first kappa shape index (κ1) is 28.5. The number of morpholine rings is 1. The van der Waals surface area contributed by atoms with Crippen molar-refractivity contribution in [3.8, 4) is 0 Å². The Balaban J connectivity index is 1.13. The normalized spacial score (nSPS) is 22.4. The number of pyridine rings is 1. The summed E-state index contributed by atoms with van der Waals surface area (Å²) in [6.45, 7) is 4.19. The number of hydrogen-bond donors (Lipinski definition) is 2. The lowest BCUT2D eigenvalue weighted by molar-refractivity contribution is -0.139. The number of carboxylic acids is 1. The van der Waals surface area contributed by atoms with E-state index in [1.165, 1.54) is 24.1 Å². The summed E-state index contributed by atoms with van der Waals surface area (Å²) in [7, 11) is 0. The smallest absolute Gasteiger partial charge is 0.326 e. The Kier molecular flexibility index (Phi) is 9.32. The number of anilines is 1. The van der Waals surface area contributed by atoms with Crippen molar-refractivity contribution in [2.75, 3.05) is 50.8 Å². The quantitative estimate of drug-likeness (QED) is 0.463. The summed E-state index contributed by atoms with van der Waals surface area (Å²) in [5.41, 5.74) is 3.49. The lowest BCUT2D eigenvalue weighted by atomic mass is 9.88. The first-order valence-electron chi connectivity index (χ1n) is 14.7. The minimum atomic E-state index is -1.32. The van der Waals surface area contributed by atoms with E-state index in [0.717, 1.165) is 50.3 Å². The average molecular weight is 553 g/mol. The van der Waals surface area contributed by atoms with Gasteiger partial charge in [-0.2, -0.15) is 0 Å². The number of alkyl halides is 1. The predicted octanol–water partition coefficient (Wildman–Crippen LogP) is 3.81. The van der Waals surface area contributed by atoms with Gasteiger partial charge in [0.15, 0.2) is 0 Å². The fourth-order valence-corrected chi connectivity index (χ4v) is 6.17. The van der Waals surface area contributed by atoms with Crippen molar-refractivity contribution in [3.63, 3.8) is 0 Å². The maximum absolute atomic E-state index is 15.9. The molecule has 1 amide bonds. The van der Waals surface area contributed by atoms with Crippen molar-refractivity contribution in [2.24, 2.45) is 0 Å². The third-order valence-corrected chi connectivity index (χ3v) is 8.49. The summed E-state index contributed by atoms with van der Waals surface area (Å²) < 4.78 is 21.3. The summed E-state index contributed by atoms with van der Waals surface area (Å²) in [4.78, 5) is 33.9. The number of aryl methyl sites for hydroxylation is 3. The molecule has 9 heteroatoms. The molecule has 2 aliphatic heterocycles. The van der Waals surface area contributed by atoms with Crippen molar-refractivity contribution in [3.05, 3.63) is 58.9 Å². The number of hydrogen-bond acceptors (Lipinski definition) is 6. The number of carbonyl (C=O) groups is 2. The third-order valence-electron chi connectivity index (χ3n) is 8.49. The summed E-state index contributed by atoms with van der Waals surface area (Å²) in [6, 6.07) is 10.4. The van der Waals surface area contributed by atoms with Crippen LogP contribution in [0.1, 0.15) is 65.8 Å². The second kappa shape index (κ2) is 13.1. The summed E-state index contributed by atoms with van der Waals surface area (Å²) in [5, 5.41) is 12.5. The first-order valence-corrected chi connectivity index (χ1v) is 14.7. The zero-order valence-corrected chi connectivity index (χ0v) is 23.2. The molecule has 40 heavy (non-hydrogen) atoms. The van der Waals surface area contributed by atoms with Crippen molar-refractivity contribution in [1.29, 1.82) is 0 Å². The number of amides is 1. The van der Waals surface area contributed by atoms with Crippen LogP contribution in [0.25, 0.3) is 0 Å². The molecule has 0 radical (unpaired) electrons. The van der Waals surface area contributed by atoms with Crippen molar-refractivity contribution >= 4 is 17.6 Å². The van der Waals surface area contributed by atoms with Crippen LogP contribution < -0.4 is 10.2 Å². The molecule has 1 aliphatic carbocycles. The molecular weight excluding hydrogens is 511 g/mol. The van der Waals surface area contributed by atoms with Crippen molar-refractivity contribution in [1.82, 2.24) is 15.2 Å². The molecular formula is C31H41FN4O4. The van der Waals surface area contributed by atoms with Crippen molar-refractivity contribution in [2.45, 2.75) is 69.5 Å². The molecule has 1 aromatic heterocycles. The Morgan fingerprint density at radius 2 is 1.93 bits per heavy atom. The average Bonchev–Trinajstić information content (AvgIpc) is 2.98. The van der Waals surface area contributed by atoms with Gasteiger partial charge in [0, 0.05) is 48.8 Å². The Bertz CT molecular complexity index is 1190. The van der Waals surface area contributed by atoms with Crippen LogP contribution in [-0.2, 0) is 28.8 Å². The summed E-state index contributed by atoms with van der Waals surface area (Å²) >= 11 is 0. The molecule has 0 unspecified atom stereocenters. The van der Waals surface area contributed by atoms with Gasteiger partial charge in [-0.05, 0) is 94.2 Å². The number of piperidine rings is 1. The molecule has 1 aromatic carbocycles. The topological polar surface area (TPSA) is 95.0 Å². The van der Waals surface area contributed by atoms with Gasteiger partial charge in [0.25, 0.3) is 5.91 Å². The van der Waals surface area contributed by atoms with E-state index in [4.69, 9.17) is 9.72 Å². The fourth-order valence-electron chi connectivity index (χ4n) is 6.17. The molecule has 3 aliphatic rings. The largest absolute Gasteiger partial charge is 0.480 e. The number of nitrogens with one attached hydrogen (secondary N) is 1. The van der Waals surface area contributed by atoms with Crippen LogP contribution >= 0.6 is 0 Å². The van der Waals surface area contributed by atoms with E-state index in [1.54, 1.807) is 12.1 Å². The minimum Gasteiger partial charge on any atom is -0.480 e. The van der Waals surface area contributed by atoms with E-state index in [0.29, 0.717) is 44.6 Å². The number of rotatable bonds is 10. The number of carboxylic acid groups (broad SMARTS) is 1. The first-order chi connectivity index (χ1) is 19.4. The lowest BCUT2D eigenvalue weighted by Crippen LogP contribution is -2.48. The van der Waals surface area contributed by atoms with Crippen LogP contribution in [0, 0.1) is 0 Å². The highest BCUT2D eigenvalue weighted by Gasteiger charge is 2.35. The predicted molar refractivity (Wildman–Crippen MR) is 152 cm³/mol.